The minimum atomic E-state index is -4.83. The Bertz CT molecular complexity index is 953. The summed E-state index contributed by atoms with van der Waals surface area (Å²) in [6.07, 6.45) is -4.73. The normalized spacial score (nSPS) is 10.4. The second kappa shape index (κ2) is 9.43. The van der Waals surface area contributed by atoms with E-state index in [4.69, 9.17) is 5.26 Å². The molecule has 1 amide bonds. The Hall–Kier alpha value is -3.52. The van der Waals surface area contributed by atoms with E-state index >= 15 is 0 Å². The van der Waals surface area contributed by atoms with Crippen molar-refractivity contribution >= 4 is 11.6 Å². The van der Waals surface area contributed by atoms with E-state index in [1.165, 1.54) is 24.3 Å². The molecule has 144 valence electrons. The first-order valence-corrected chi connectivity index (χ1v) is 8.02. The van der Waals surface area contributed by atoms with Gasteiger partial charge in [-0.05, 0) is 35.4 Å². The summed E-state index contributed by atoms with van der Waals surface area (Å²) >= 11 is 0. The Morgan fingerprint density at radius 3 is 2.57 bits per heavy atom. The third kappa shape index (κ3) is 7.00. The fourth-order valence-corrected chi connectivity index (χ4v) is 2.27. The largest absolute Gasteiger partial charge is 0.573 e. The van der Waals surface area contributed by atoms with Gasteiger partial charge < -0.3 is 10.1 Å². The van der Waals surface area contributed by atoms with E-state index in [2.05, 4.69) is 21.9 Å². The molecule has 0 saturated carbocycles. The van der Waals surface area contributed by atoms with Gasteiger partial charge in [-0.3, -0.25) is 4.79 Å². The number of carbonyl (C=O) groups is 1. The molecule has 2 rings (SSSR count). The summed E-state index contributed by atoms with van der Waals surface area (Å²) in [4.78, 5) is 12.1. The van der Waals surface area contributed by atoms with Crippen LogP contribution in [0.5, 0.6) is 5.75 Å². The third-order valence-corrected chi connectivity index (χ3v) is 3.39. The molecular formula is C20H14F4N2O2. The highest BCUT2D eigenvalue weighted by molar-refractivity contribution is 5.92. The van der Waals surface area contributed by atoms with Crippen LogP contribution in [0.25, 0.3) is 0 Å². The van der Waals surface area contributed by atoms with E-state index in [1.807, 2.05) is 6.07 Å². The number of nitrogens with zero attached hydrogens (tertiary/aromatic N) is 1. The molecule has 0 fully saturated rings. The van der Waals surface area contributed by atoms with Crippen molar-refractivity contribution in [2.75, 3.05) is 5.32 Å². The van der Waals surface area contributed by atoms with Crippen LogP contribution >= 0.6 is 0 Å². The number of benzene rings is 2. The molecule has 0 unspecified atom stereocenters. The van der Waals surface area contributed by atoms with Crippen molar-refractivity contribution < 1.29 is 27.1 Å². The smallest absolute Gasteiger partial charge is 0.406 e. The quantitative estimate of drug-likeness (QED) is 0.609. The van der Waals surface area contributed by atoms with E-state index in [-0.39, 0.29) is 30.5 Å². The maximum absolute atomic E-state index is 14.1. The lowest BCUT2D eigenvalue weighted by atomic mass is 10.1. The van der Waals surface area contributed by atoms with Gasteiger partial charge in [0.2, 0.25) is 5.91 Å². The number of alkyl halides is 3. The van der Waals surface area contributed by atoms with Crippen molar-refractivity contribution in [3.63, 3.8) is 0 Å². The molecule has 2 aromatic rings. The summed E-state index contributed by atoms with van der Waals surface area (Å²) in [5, 5.41) is 10.8. The Balaban J connectivity index is 1.99. The SMILES string of the molecule is N#CCC#CCc1ccc(NC(=O)Cc2cccc(OC(F)(F)F)c2)c(F)c1. The number of hydrogen-bond donors (Lipinski definition) is 1. The molecular weight excluding hydrogens is 376 g/mol. The van der Waals surface area contributed by atoms with Gasteiger partial charge in [-0.1, -0.05) is 30.0 Å². The zero-order valence-corrected chi connectivity index (χ0v) is 14.4. The van der Waals surface area contributed by atoms with Crippen LogP contribution in [0, 0.1) is 29.0 Å². The van der Waals surface area contributed by atoms with Crippen LogP contribution in [0.4, 0.5) is 23.2 Å². The van der Waals surface area contributed by atoms with E-state index in [0.29, 0.717) is 5.56 Å². The molecule has 1 N–H and O–H groups in total. The van der Waals surface area contributed by atoms with Crippen molar-refractivity contribution in [1.82, 2.24) is 0 Å². The summed E-state index contributed by atoms with van der Waals surface area (Å²) in [7, 11) is 0. The molecule has 8 heteroatoms. The van der Waals surface area contributed by atoms with Crippen LogP contribution in [0.2, 0.25) is 0 Å². The zero-order chi connectivity index (χ0) is 20.6. The highest BCUT2D eigenvalue weighted by Crippen LogP contribution is 2.24. The monoisotopic (exact) mass is 390 g/mol. The van der Waals surface area contributed by atoms with Crippen LogP contribution in [0.15, 0.2) is 42.5 Å². The van der Waals surface area contributed by atoms with E-state index < -0.39 is 23.8 Å². The van der Waals surface area contributed by atoms with Crippen molar-refractivity contribution in [2.45, 2.75) is 25.6 Å². The average molecular weight is 390 g/mol. The maximum Gasteiger partial charge on any atom is 0.573 e. The predicted octanol–water partition coefficient (Wildman–Crippen LogP) is 4.37. The standard InChI is InChI=1S/C20H14F4N2O2/c21-17-12-14(5-2-1-3-10-25)8-9-18(17)26-19(27)13-15-6-4-7-16(11-15)28-20(22,23)24/h4,6-9,11-12H,3,5,13H2,(H,26,27). The zero-order valence-electron chi connectivity index (χ0n) is 14.4. The van der Waals surface area contributed by atoms with Crippen LogP contribution in [0.3, 0.4) is 0 Å². The first-order valence-electron chi connectivity index (χ1n) is 8.02. The second-order valence-electron chi connectivity index (χ2n) is 5.60. The number of ether oxygens (including phenoxy) is 1. The van der Waals surface area contributed by atoms with Crippen LogP contribution < -0.4 is 10.1 Å². The minimum absolute atomic E-state index is 0.0542. The first-order chi connectivity index (χ1) is 13.3. The van der Waals surface area contributed by atoms with Gasteiger partial charge in [0.1, 0.15) is 11.6 Å². The number of amides is 1. The lowest BCUT2D eigenvalue weighted by Crippen LogP contribution is -2.18. The molecule has 0 aliphatic carbocycles. The second-order valence-corrected chi connectivity index (χ2v) is 5.60. The maximum atomic E-state index is 14.1. The first kappa shape index (κ1) is 20.8. The molecule has 0 aromatic heterocycles. The molecule has 0 bridgehead atoms. The Kier molecular flexibility index (Phi) is 7.00. The van der Waals surface area contributed by atoms with Crippen molar-refractivity contribution in [3.8, 4) is 23.7 Å². The van der Waals surface area contributed by atoms with Gasteiger partial charge >= 0.3 is 6.36 Å². The fraction of sp³-hybridized carbons (Fsp3) is 0.200. The van der Waals surface area contributed by atoms with Crippen LogP contribution in [-0.2, 0) is 17.6 Å². The number of carbonyl (C=O) groups excluding carboxylic acids is 1. The van der Waals surface area contributed by atoms with E-state index in [1.54, 1.807) is 6.07 Å². The molecule has 0 heterocycles. The molecule has 0 aliphatic heterocycles. The van der Waals surface area contributed by atoms with Gasteiger partial charge in [0.15, 0.2) is 0 Å². The van der Waals surface area contributed by atoms with Crippen molar-refractivity contribution in [3.05, 3.63) is 59.4 Å². The van der Waals surface area contributed by atoms with Gasteiger partial charge in [0.25, 0.3) is 0 Å². The predicted molar refractivity (Wildman–Crippen MR) is 93.6 cm³/mol. The Morgan fingerprint density at radius 1 is 1.11 bits per heavy atom. The van der Waals surface area contributed by atoms with Crippen LogP contribution in [0.1, 0.15) is 17.5 Å². The molecule has 4 nitrogen and oxygen atoms in total. The topological polar surface area (TPSA) is 62.1 Å². The van der Waals surface area contributed by atoms with Gasteiger partial charge in [0.05, 0.1) is 24.6 Å². The highest BCUT2D eigenvalue weighted by Gasteiger charge is 2.31. The Morgan fingerprint density at radius 2 is 1.89 bits per heavy atom. The van der Waals surface area contributed by atoms with Gasteiger partial charge in [-0.2, -0.15) is 5.26 Å². The lowest BCUT2D eigenvalue weighted by Gasteiger charge is -2.10. The van der Waals surface area contributed by atoms with Crippen molar-refractivity contribution in [1.29, 1.82) is 5.26 Å². The molecule has 0 atom stereocenters. The molecule has 0 saturated heterocycles. The summed E-state index contributed by atoms with van der Waals surface area (Å²) in [5.74, 6) is 3.64. The summed E-state index contributed by atoms with van der Waals surface area (Å²) in [6, 6.07) is 11.0. The fourth-order valence-electron chi connectivity index (χ4n) is 2.27. The molecule has 0 radical (unpaired) electrons. The minimum Gasteiger partial charge on any atom is -0.406 e. The lowest BCUT2D eigenvalue weighted by molar-refractivity contribution is -0.274. The van der Waals surface area contributed by atoms with Gasteiger partial charge in [0, 0.05) is 6.42 Å². The number of hydrogen-bond acceptors (Lipinski definition) is 3. The third-order valence-electron chi connectivity index (χ3n) is 3.39. The van der Waals surface area contributed by atoms with Crippen molar-refractivity contribution in [2.24, 2.45) is 0 Å². The van der Waals surface area contributed by atoms with Gasteiger partial charge in [-0.15, -0.1) is 13.2 Å². The number of rotatable bonds is 5. The summed E-state index contributed by atoms with van der Waals surface area (Å²) in [6.45, 7) is 0. The summed E-state index contributed by atoms with van der Waals surface area (Å²) in [5.41, 5.74) is 0.809. The number of nitriles is 1. The van der Waals surface area contributed by atoms with Gasteiger partial charge in [-0.25, -0.2) is 4.39 Å². The average Bonchev–Trinajstić information content (AvgIpc) is 2.60. The molecule has 28 heavy (non-hydrogen) atoms. The molecule has 0 spiro atoms. The number of nitrogens with one attached hydrogen (secondary N) is 1. The Labute approximate surface area is 158 Å². The summed E-state index contributed by atoms with van der Waals surface area (Å²) < 4.78 is 54.7. The van der Waals surface area contributed by atoms with E-state index in [0.717, 1.165) is 12.1 Å². The molecule has 2 aromatic carbocycles. The number of anilines is 1. The van der Waals surface area contributed by atoms with E-state index in [9.17, 15) is 22.4 Å². The number of halogens is 4. The van der Waals surface area contributed by atoms with Crippen LogP contribution in [-0.4, -0.2) is 12.3 Å². The highest BCUT2D eigenvalue weighted by atomic mass is 19.4. The molecule has 0 aliphatic rings.